The largest absolute Gasteiger partial charge is 0.391 e. The molecule has 1 aliphatic heterocycles. The Bertz CT molecular complexity index is 1110. The van der Waals surface area contributed by atoms with E-state index in [0.29, 0.717) is 13.0 Å². The Kier molecular flexibility index (Phi) is 6.79. The molecule has 0 bridgehead atoms. The number of anilines is 1. The minimum absolute atomic E-state index is 0.0393. The monoisotopic (exact) mass is 536 g/mol. The van der Waals surface area contributed by atoms with Crippen molar-refractivity contribution in [2.75, 3.05) is 18.4 Å². The number of aromatic nitrogens is 4. The Labute approximate surface area is 205 Å². The minimum atomic E-state index is -4.08. The fourth-order valence-corrected chi connectivity index (χ4v) is 5.69. The van der Waals surface area contributed by atoms with E-state index in [0.717, 1.165) is 59.5 Å². The molecule has 0 amide bonds. The zero-order valence-electron chi connectivity index (χ0n) is 18.8. The molecule has 1 saturated heterocycles. The fourth-order valence-electron chi connectivity index (χ4n) is 5.34. The Hall–Kier alpha value is -2.20. The second kappa shape index (κ2) is 9.81. The first-order valence-corrected chi connectivity index (χ1v) is 12.7. The summed E-state index contributed by atoms with van der Waals surface area (Å²) in [6.07, 6.45) is 5.07. The van der Waals surface area contributed by atoms with Crippen LogP contribution < -0.4 is 5.32 Å². The molecule has 1 saturated carbocycles. The lowest BCUT2D eigenvalue weighted by atomic mass is 9.83. The highest BCUT2D eigenvalue weighted by molar-refractivity contribution is 9.10. The third kappa shape index (κ3) is 5.07. The van der Waals surface area contributed by atoms with E-state index in [1.165, 1.54) is 0 Å². The third-order valence-electron chi connectivity index (χ3n) is 7.22. The second-order valence-corrected chi connectivity index (χ2v) is 10.2. The third-order valence-corrected chi connectivity index (χ3v) is 7.78. The zero-order chi connectivity index (χ0) is 23.7. The van der Waals surface area contributed by atoms with E-state index >= 15 is 0 Å². The first-order chi connectivity index (χ1) is 16.4. The normalized spacial score (nSPS) is 22.8. The van der Waals surface area contributed by atoms with Gasteiger partial charge in [0.2, 0.25) is 0 Å². The SMILES string of the molecule is FC(F)(F)C1CCCC(N2CCC(c3cc(NCc4cccnc4)n4ncc(Br)c4n3)CC2)C1. The molecule has 2 unspecified atom stereocenters. The average Bonchev–Trinajstić information content (AvgIpc) is 3.23. The van der Waals surface area contributed by atoms with Crippen molar-refractivity contribution in [3.63, 3.8) is 0 Å². The van der Waals surface area contributed by atoms with Crippen LogP contribution in [0.5, 0.6) is 0 Å². The van der Waals surface area contributed by atoms with Crippen molar-refractivity contribution in [2.24, 2.45) is 5.92 Å². The molecule has 0 spiro atoms. The fraction of sp³-hybridized carbons (Fsp3) is 0.542. The Morgan fingerprint density at radius 1 is 1.12 bits per heavy atom. The van der Waals surface area contributed by atoms with Crippen LogP contribution in [0.2, 0.25) is 0 Å². The zero-order valence-corrected chi connectivity index (χ0v) is 20.4. The number of pyridine rings is 1. The quantitative estimate of drug-likeness (QED) is 0.446. The van der Waals surface area contributed by atoms with Gasteiger partial charge in [-0.05, 0) is 72.8 Å². The van der Waals surface area contributed by atoms with Crippen LogP contribution in [-0.4, -0.2) is 49.8 Å². The Balaban J connectivity index is 1.29. The Morgan fingerprint density at radius 2 is 1.94 bits per heavy atom. The van der Waals surface area contributed by atoms with Crippen molar-refractivity contribution in [1.29, 1.82) is 0 Å². The molecule has 1 N–H and O–H groups in total. The maximum absolute atomic E-state index is 13.3. The van der Waals surface area contributed by atoms with Crippen LogP contribution in [0.3, 0.4) is 0 Å². The van der Waals surface area contributed by atoms with Crippen LogP contribution in [0.4, 0.5) is 19.0 Å². The van der Waals surface area contributed by atoms with Gasteiger partial charge in [-0.1, -0.05) is 12.5 Å². The molecule has 2 aliphatic rings. The number of piperidine rings is 1. The van der Waals surface area contributed by atoms with Crippen molar-refractivity contribution < 1.29 is 13.2 Å². The number of alkyl halides is 3. The topological polar surface area (TPSA) is 58.4 Å². The van der Waals surface area contributed by atoms with E-state index in [-0.39, 0.29) is 24.8 Å². The van der Waals surface area contributed by atoms with Gasteiger partial charge in [0.15, 0.2) is 5.65 Å². The molecule has 2 fully saturated rings. The molecular formula is C24H28BrF3N6. The lowest BCUT2D eigenvalue weighted by Crippen LogP contribution is -2.45. The summed E-state index contributed by atoms with van der Waals surface area (Å²) >= 11 is 3.55. The molecule has 10 heteroatoms. The number of likely N-dealkylation sites (tertiary alicyclic amines) is 1. The van der Waals surface area contributed by atoms with Crippen molar-refractivity contribution in [2.45, 2.75) is 63.2 Å². The first kappa shape index (κ1) is 23.5. The lowest BCUT2D eigenvalue weighted by Gasteiger charge is -2.41. The minimum Gasteiger partial charge on any atom is -0.366 e. The van der Waals surface area contributed by atoms with Gasteiger partial charge in [-0.15, -0.1) is 0 Å². The van der Waals surface area contributed by atoms with Gasteiger partial charge in [-0.3, -0.25) is 4.98 Å². The number of hydrogen-bond acceptors (Lipinski definition) is 5. The number of halogens is 4. The molecule has 34 heavy (non-hydrogen) atoms. The number of fused-ring (bicyclic) bond motifs is 1. The van der Waals surface area contributed by atoms with Crippen LogP contribution >= 0.6 is 15.9 Å². The van der Waals surface area contributed by atoms with Crippen LogP contribution in [0.1, 0.15) is 55.7 Å². The van der Waals surface area contributed by atoms with Gasteiger partial charge in [0.05, 0.1) is 16.6 Å². The molecule has 0 aromatic carbocycles. The second-order valence-electron chi connectivity index (χ2n) is 9.38. The number of hydrogen-bond donors (Lipinski definition) is 1. The van der Waals surface area contributed by atoms with Crippen LogP contribution in [0.25, 0.3) is 5.65 Å². The molecule has 1 aliphatic carbocycles. The van der Waals surface area contributed by atoms with Crippen LogP contribution in [0.15, 0.2) is 41.3 Å². The average molecular weight is 537 g/mol. The molecule has 3 aromatic rings. The molecular weight excluding hydrogens is 509 g/mol. The molecule has 4 heterocycles. The van der Waals surface area contributed by atoms with E-state index in [4.69, 9.17) is 4.98 Å². The van der Waals surface area contributed by atoms with E-state index in [9.17, 15) is 13.2 Å². The van der Waals surface area contributed by atoms with Gasteiger partial charge in [0.1, 0.15) is 5.82 Å². The van der Waals surface area contributed by atoms with Gasteiger partial charge >= 0.3 is 6.18 Å². The molecule has 5 rings (SSSR count). The lowest BCUT2D eigenvalue weighted by molar-refractivity contribution is -0.187. The number of nitrogens with one attached hydrogen (secondary N) is 1. The number of rotatable bonds is 5. The predicted molar refractivity (Wildman–Crippen MR) is 128 cm³/mol. The molecule has 0 radical (unpaired) electrons. The highest BCUT2D eigenvalue weighted by Gasteiger charge is 2.43. The maximum Gasteiger partial charge on any atom is 0.391 e. The van der Waals surface area contributed by atoms with Gasteiger partial charge in [-0.2, -0.15) is 22.8 Å². The molecule has 6 nitrogen and oxygen atoms in total. The van der Waals surface area contributed by atoms with Gasteiger partial charge in [0, 0.05) is 42.7 Å². The van der Waals surface area contributed by atoms with Crippen molar-refractivity contribution in [3.8, 4) is 0 Å². The summed E-state index contributed by atoms with van der Waals surface area (Å²) in [4.78, 5) is 11.3. The first-order valence-electron chi connectivity index (χ1n) is 11.9. The summed E-state index contributed by atoms with van der Waals surface area (Å²) in [5.41, 5.74) is 2.82. The summed E-state index contributed by atoms with van der Waals surface area (Å²) in [5.74, 6) is -0.0259. The van der Waals surface area contributed by atoms with Gasteiger partial charge in [0.25, 0.3) is 0 Å². The molecule has 3 aromatic heterocycles. The summed E-state index contributed by atoms with van der Waals surface area (Å²) in [7, 11) is 0. The molecule has 182 valence electrons. The van der Waals surface area contributed by atoms with E-state index < -0.39 is 12.1 Å². The smallest absolute Gasteiger partial charge is 0.366 e. The highest BCUT2D eigenvalue weighted by Crippen LogP contribution is 2.40. The summed E-state index contributed by atoms with van der Waals surface area (Å²) < 4.78 is 42.4. The highest BCUT2D eigenvalue weighted by atomic mass is 79.9. The number of nitrogens with zero attached hydrogens (tertiary/aromatic N) is 5. The van der Waals surface area contributed by atoms with Crippen LogP contribution in [0, 0.1) is 5.92 Å². The summed E-state index contributed by atoms with van der Waals surface area (Å²) in [6.45, 7) is 2.24. The summed E-state index contributed by atoms with van der Waals surface area (Å²) in [6, 6.07) is 6.02. The van der Waals surface area contributed by atoms with E-state index in [1.54, 1.807) is 16.9 Å². The van der Waals surface area contributed by atoms with Gasteiger partial charge < -0.3 is 10.2 Å². The standard InChI is InChI=1S/C24H28BrF3N6/c25-20-15-31-34-22(30-14-16-3-2-8-29-13-16)12-21(32-23(20)34)17-6-9-33(10-7-17)19-5-1-4-18(11-19)24(26,27)28/h2-3,8,12-13,15,17-19,30H,1,4-7,9-11,14H2. The van der Waals surface area contributed by atoms with Gasteiger partial charge in [-0.25, -0.2) is 4.98 Å². The Morgan fingerprint density at radius 3 is 2.68 bits per heavy atom. The summed E-state index contributed by atoms with van der Waals surface area (Å²) in [5, 5.41) is 7.90. The van der Waals surface area contributed by atoms with Crippen molar-refractivity contribution in [3.05, 3.63) is 52.5 Å². The van der Waals surface area contributed by atoms with E-state index in [2.05, 4.69) is 42.3 Å². The van der Waals surface area contributed by atoms with E-state index in [1.807, 2.05) is 18.3 Å². The maximum atomic E-state index is 13.3. The van der Waals surface area contributed by atoms with Crippen molar-refractivity contribution in [1.82, 2.24) is 24.5 Å². The molecule has 2 atom stereocenters. The predicted octanol–water partition coefficient (Wildman–Crippen LogP) is 5.80. The van der Waals surface area contributed by atoms with Crippen molar-refractivity contribution >= 4 is 27.4 Å². The van der Waals surface area contributed by atoms with Crippen LogP contribution in [-0.2, 0) is 6.54 Å².